The molecule has 25 heavy (non-hydrogen) atoms. The van der Waals surface area contributed by atoms with Gasteiger partial charge in [-0.3, -0.25) is 0 Å². The van der Waals surface area contributed by atoms with Gasteiger partial charge in [-0.1, -0.05) is 78.0 Å². The first-order chi connectivity index (χ1) is 12.1. The van der Waals surface area contributed by atoms with E-state index in [0.29, 0.717) is 27.3 Å². The maximum absolute atomic E-state index is 11.4. The lowest BCUT2D eigenvalue weighted by molar-refractivity contribution is 0.145. The molecule has 0 radical (unpaired) electrons. The van der Waals surface area contributed by atoms with Gasteiger partial charge in [-0.25, -0.2) is 0 Å². The zero-order valence-electron chi connectivity index (χ0n) is 13.3. The zero-order valence-corrected chi connectivity index (χ0v) is 14.0. The fourth-order valence-corrected chi connectivity index (χ4v) is 2.65. The lowest BCUT2D eigenvalue weighted by Gasteiger charge is -2.23. The molecule has 3 rings (SSSR count). The van der Waals surface area contributed by atoms with Gasteiger partial charge in [-0.05, 0) is 24.3 Å². The maximum atomic E-state index is 11.4. The van der Waals surface area contributed by atoms with Crippen molar-refractivity contribution in [1.29, 1.82) is 5.26 Å². The van der Waals surface area contributed by atoms with Crippen LogP contribution in [0.3, 0.4) is 0 Å². The summed E-state index contributed by atoms with van der Waals surface area (Å²) in [4.78, 5) is 0. The topological polar surface area (TPSA) is 44.0 Å². The number of nitriles is 1. The van der Waals surface area contributed by atoms with E-state index in [1.54, 1.807) is 42.5 Å². The SMILES string of the molecule is N#Cc1ccccc1C#CC(O)(c1ccccc1)c1ccc(Cl)cc1. The van der Waals surface area contributed by atoms with E-state index in [-0.39, 0.29) is 0 Å². The molecule has 0 bridgehead atoms. The van der Waals surface area contributed by atoms with E-state index in [9.17, 15) is 10.4 Å². The van der Waals surface area contributed by atoms with Crippen molar-refractivity contribution in [2.45, 2.75) is 5.60 Å². The van der Waals surface area contributed by atoms with E-state index in [1.807, 2.05) is 36.4 Å². The molecule has 3 aromatic rings. The van der Waals surface area contributed by atoms with Crippen molar-refractivity contribution in [2.75, 3.05) is 0 Å². The van der Waals surface area contributed by atoms with Crippen molar-refractivity contribution < 1.29 is 5.11 Å². The summed E-state index contributed by atoms with van der Waals surface area (Å²) < 4.78 is 0. The molecule has 2 nitrogen and oxygen atoms in total. The lowest BCUT2D eigenvalue weighted by Crippen LogP contribution is -2.25. The quantitative estimate of drug-likeness (QED) is 0.696. The Kier molecular flexibility index (Phi) is 4.87. The Morgan fingerprint density at radius 1 is 0.760 bits per heavy atom. The minimum Gasteiger partial charge on any atom is -0.369 e. The largest absolute Gasteiger partial charge is 0.369 e. The Bertz CT molecular complexity index is 978. The predicted octanol–water partition coefficient (Wildman–Crippen LogP) is 4.50. The van der Waals surface area contributed by atoms with Crippen LogP contribution >= 0.6 is 11.6 Å². The van der Waals surface area contributed by atoms with Gasteiger partial charge in [-0.2, -0.15) is 5.26 Å². The summed E-state index contributed by atoms with van der Waals surface area (Å²) in [6.07, 6.45) is 0. The molecule has 0 aliphatic rings. The molecule has 0 heterocycles. The molecule has 1 unspecified atom stereocenters. The molecule has 3 aromatic carbocycles. The highest BCUT2D eigenvalue weighted by Crippen LogP contribution is 2.30. The Balaban J connectivity index is 2.15. The fraction of sp³-hybridized carbons (Fsp3) is 0.0455. The van der Waals surface area contributed by atoms with E-state index in [0.717, 1.165) is 0 Å². The van der Waals surface area contributed by atoms with Crippen molar-refractivity contribution in [3.8, 4) is 17.9 Å². The standard InChI is InChI=1S/C22H14ClNO/c23-21-12-10-20(11-13-21)22(25,19-8-2-1-3-9-19)15-14-17-6-4-5-7-18(17)16-24/h1-13,25H. The summed E-state index contributed by atoms with van der Waals surface area (Å²) in [6, 6.07) is 25.3. The molecule has 0 aliphatic heterocycles. The van der Waals surface area contributed by atoms with Gasteiger partial charge in [0.15, 0.2) is 5.60 Å². The van der Waals surface area contributed by atoms with Gasteiger partial charge in [0.25, 0.3) is 0 Å². The summed E-state index contributed by atoms with van der Waals surface area (Å²) in [5.41, 5.74) is 0.813. The number of aliphatic hydroxyl groups is 1. The average Bonchev–Trinajstić information content (AvgIpc) is 2.67. The van der Waals surface area contributed by atoms with E-state index >= 15 is 0 Å². The summed E-state index contributed by atoms with van der Waals surface area (Å²) >= 11 is 5.97. The third-order valence-electron chi connectivity index (χ3n) is 3.88. The number of hydrogen-bond acceptors (Lipinski definition) is 2. The van der Waals surface area contributed by atoms with Crippen molar-refractivity contribution in [1.82, 2.24) is 0 Å². The number of halogens is 1. The molecular weight excluding hydrogens is 330 g/mol. The van der Waals surface area contributed by atoms with Gasteiger partial charge < -0.3 is 5.11 Å². The van der Waals surface area contributed by atoms with Crippen molar-refractivity contribution >= 4 is 11.6 Å². The number of nitrogens with zero attached hydrogens (tertiary/aromatic N) is 1. The first-order valence-electron chi connectivity index (χ1n) is 7.70. The van der Waals surface area contributed by atoms with Gasteiger partial charge in [0, 0.05) is 21.7 Å². The Morgan fingerprint density at radius 3 is 1.96 bits per heavy atom. The third-order valence-corrected chi connectivity index (χ3v) is 4.13. The number of rotatable bonds is 2. The van der Waals surface area contributed by atoms with Crippen LogP contribution in [0.1, 0.15) is 22.3 Å². The zero-order chi connectivity index (χ0) is 17.7. The monoisotopic (exact) mass is 343 g/mol. The summed E-state index contributed by atoms with van der Waals surface area (Å²) in [6.45, 7) is 0. The summed E-state index contributed by atoms with van der Waals surface area (Å²) in [5.74, 6) is 5.91. The predicted molar refractivity (Wildman–Crippen MR) is 98.9 cm³/mol. The molecule has 1 N–H and O–H groups in total. The van der Waals surface area contributed by atoms with Crippen LogP contribution in [0, 0.1) is 23.2 Å². The van der Waals surface area contributed by atoms with Crippen molar-refractivity contribution in [3.63, 3.8) is 0 Å². The summed E-state index contributed by atoms with van der Waals surface area (Å²) in [5, 5.41) is 21.2. The van der Waals surface area contributed by atoms with Gasteiger partial charge in [0.05, 0.1) is 5.56 Å². The Hall–Kier alpha value is -3.04. The molecule has 0 saturated heterocycles. The second-order valence-corrected chi connectivity index (χ2v) is 5.93. The van der Waals surface area contributed by atoms with Crippen LogP contribution < -0.4 is 0 Å². The molecule has 0 saturated carbocycles. The van der Waals surface area contributed by atoms with Crippen LogP contribution in [0.2, 0.25) is 5.02 Å². The van der Waals surface area contributed by atoms with Crippen LogP contribution in [0.25, 0.3) is 0 Å². The van der Waals surface area contributed by atoms with Crippen molar-refractivity contribution in [3.05, 3.63) is 106 Å². The third kappa shape index (κ3) is 3.57. The molecule has 3 heteroatoms. The maximum Gasteiger partial charge on any atom is 0.177 e. The van der Waals surface area contributed by atoms with Crippen LogP contribution in [0.15, 0.2) is 78.9 Å². The first kappa shape index (κ1) is 16.8. The van der Waals surface area contributed by atoms with E-state index in [4.69, 9.17) is 11.6 Å². The second kappa shape index (κ2) is 7.24. The number of benzene rings is 3. The van der Waals surface area contributed by atoms with Crippen LogP contribution in [0.4, 0.5) is 0 Å². The molecule has 1 atom stereocenters. The van der Waals surface area contributed by atoms with Crippen LogP contribution in [-0.4, -0.2) is 5.11 Å². The van der Waals surface area contributed by atoms with Crippen LogP contribution in [-0.2, 0) is 5.60 Å². The minimum atomic E-state index is -1.51. The molecular formula is C22H14ClNO. The van der Waals surface area contributed by atoms with E-state index < -0.39 is 5.60 Å². The Labute approximate surface area is 151 Å². The minimum absolute atomic E-state index is 0.474. The highest BCUT2D eigenvalue weighted by Gasteiger charge is 2.29. The van der Waals surface area contributed by atoms with Gasteiger partial charge >= 0.3 is 0 Å². The molecule has 120 valence electrons. The Morgan fingerprint density at radius 2 is 1.32 bits per heavy atom. The first-order valence-corrected chi connectivity index (χ1v) is 8.07. The average molecular weight is 344 g/mol. The second-order valence-electron chi connectivity index (χ2n) is 5.49. The molecule has 0 aliphatic carbocycles. The smallest absolute Gasteiger partial charge is 0.177 e. The normalized spacial score (nSPS) is 12.4. The highest BCUT2D eigenvalue weighted by atomic mass is 35.5. The van der Waals surface area contributed by atoms with Crippen molar-refractivity contribution in [2.24, 2.45) is 0 Å². The lowest BCUT2D eigenvalue weighted by atomic mass is 9.86. The van der Waals surface area contributed by atoms with Gasteiger partial charge in [-0.15, -0.1) is 0 Å². The van der Waals surface area contributed by atoms with Gasteiger partial charge in [0.1, 0.15) is 6.07 Å². The number of hydrogen-bond donors (Lipinski definition) is 1. The van der Waals surface area contributed by atoms with E-state index in [2.05, 4.69) is 17.9 Å². The summed E-state index contributed by atoms with van der Waals surface area (Å²) in [7, 11) is 0. The molecule has 0 spiro atoms. The molecule has 0 fully saturated rings. The molecule has 0 aromatic heterocycles. The molecule has 0 amide bonds. The van der Waals surface area contributed by atoms with E-state index in [1.165, 1.54) is 0 Å². The highest BCUT2D eigenvalue weighted by molar-refractivity contribution is 6.30. The van der Waals surface area contributed by atoms with Crippen LogP contribution in [0.5, 0.6) is 0 Å². The van der Waals surface area contributed by atoms with Gasteiger partial charge in [0.2, 0.25) is 0 Å². The fourth-order valence-electron chi connectivity index (χ4n) is 2.53.